The van der Waals surface area contributed by atoms with Gasteiger partial charge in [0.15, 0.2) is 0 Å². The lowest BCUT2D eigenvalue weighted by Gasteiger charge is -2.32. The number of nitrogens with one attached hydrogen (secondary N) is 1. The van der Waals surface area contributed by atoms with E-state index in [1.807, 2.05) is 32.2 Å². The van der Waals surface area contributed by atoms with Crippen LogP contribution in [-0.4, -0.2) is 53.9 Å². The summed E-state index contributed by atoms with van der Waals surface area (Å²) >= 11 is 0. The first-order valence-corrected chi connectivity index (χ1v) is 6.87. The SMILES string of the molecule is Cc1ccnc(N/C=C(/C#N)C(=O)N2CCN(C)CC2)c1. The van der Waals surface area contributed by atoms with Crippen LogP contribution in [0, 0.1) is 18.3 Å². The van der Waals surface area contributed by atoms with Gasteiger partial charge in [-0.25, -0.2) is 4.98 Å². The predicted molar refractivity (Wildman–Crippen MR) is 80.4 cm³/mol. The Hall–Kier alpha value is -2.39. The largest absolute Gasteiger partial charge is 0.345 e. The number of hydrogen-bond acceptors (Lipinski definition) is 5. The van der Waals surface area contributed by atoms with E-state index in [0.717, 1.165) is 18.7 Å². The van der Waals surface area contributed by atoms with Crippen LogP contribution in [-0.2, 0) is 4.79 Å². The lowest BCUT2D eigenvalue weighted by Crippen LogP contribution is -2.47. The predicted octanol–water partition coefficient (Wildman–Crippen LogP) is 0.983. The zero-order chi connectivity index (χ0) is 15.2. The first-order valence-electron chi connectivity index (χ1n) is 6.87. The van der Waals surface area contributed by atoms with Crippen LogP contribution in [0.15, 0.2) is 30.1 Å². The van der Waals surface area contributed by atoms with Crippen LogP contribution in [0.25, 0.3) is 0 Å². The zero-order valence-electron chi connectivity index (χ0n) is 12.3. The Morgan fingerprint density at radius 3 is 2.76 bits per heavy atom. The molecule has 0 bridgehead atoms. The molecule has 0 aromatic carbocycles. The Balaban J connectivity index is 2.03. The number of likely N-dealkylation sites (N-methyl/N-ethyl adjacent to an activating group) is 1. The summed E-state index contributed by atoms with van der Waals surface area (Å²) in [5.41, 5.74) is 1.16. The van der Waals surface area contributed by atoms with Gasteiger partial charge >= 0.3 is 0 Å². The van der Waals surface area contributed by atoms with Gasteiger partial charge in [-0.3, -0.25) is 4.79 Å². The quantitative estimate of drug-likeness (QED) is 0.662. The second kappa shape index (κ2) is 6.86. The fourth-order valence-corrected chi connectivity index (χ4v) is 2.08. The normalized spacial score (nSPS) is 16.4. The Kier molecular flexibility index (Phi) is 4.90. The van der Waals surface area contributed by atoms with Crippen molar-refractivity contribution in [3.8, 4) is 6.07 Å². The molecule has 1 fully saturated rings. The molecule has 1 aliphatic heterocycles. The molecule has 0 aliphatic carbocycles. The van der Waals surface area contributed by atoms with Crippen LogP contribution in [0.1, 0.15) is 5.56 Å². The van der Waals surface area contributed by atoms with Crippen molar-refractivity contribution in [2.45, 2.75) is 6.92 Å². The van der Waals surface area contributed by atoms with Gasteiger partial charge < -0.3 is 15.1 Å². The van der Waals surface area contributed by atoms with Gasteiger partial charge in [-0.05, 0) is 31.7 Å². The van der Waals surface area contributed by atoms with E-state index in [2.05, 4.69) is 15.2 Å². The number of amides is 1. The van der Waals surface area contributed by atoms with Gasteiger partial charge in [-0.15, -0.1) is 0 Å². The van der Waals surface area contributed by atoms with Gasteiger partial charge in [0.05, 0.1) is 0 Å². The van der Waals surface area contributed by atoms with Gasteiger partial charge in [-0.2, -0.15) is 5.26 Å². The molecule has 1 amide bonds. The summed E-state index contributed by atoms with van der Waals surface area (Å²) in [6.45, 7) is 4.92. The molecule has 2 heterocycles. The fourth-order valence-electron chi connectivity index (χ4n) is 2.08. The molecule has 1 saturated heterocycles. The third kappa shape index (κ3) is 4.04. The maximum atomic E-state index is 12.3. The van der Waals surface area contributed by atoms with E-state index in [1.54, 1.807) is 11.1 Å². The van der Waals surface area contributed by atoms with E-state index >= 15 is 0 Å². The van der Waals surface area contributed by atoms with Gasteiger partial charge in [-0.1, -0.05) is 0 Å². The van der Waals surface area contributed by atoms with Crippen molar-refractivity contribution < 1.29 is 4.79 Å². The van der Waals surface area contributed by atoms with E-state index in [0.29, 0.717) is 18.9 Å². The number of nitriles is 1. The van der Waals surface area contributed by atoms with Crippen molar-refractivity contribution in [1.29, 1.82) is 5.26 Å². The molecule has 1 N–H and O–H groups in total. The highest BCUT2D eigenvalue weighted by Gasteiger charge is 2.22. The molecule has 110 valence electrons. The van der Waals surface area contributed by atoms with Crippen LogP contribution in [0.5, 0.6) is 0 Å². The molecule has 2 rings (SSSR count). The van der Waals surface area contributed by atoms with E-state index in [4.69, 9.17) is 0 Å². The Morgan fingerprint density at radius 2 is 2.14 bits per heavy atom. The van der Waals surface area contributed by atoms with Crippen LogP contribution < -0.4 is 5.32 Å². The van der Waals surface area contributed by atoms with E-state index < -0.39 is 0 Å². The van der Waals surface area contributed by atoms with Crippen LogP contribution >= 0.6 is 0 Å². The molecule has 6 heteroatoms. The molecule has 21 heavy (non-hydrogen) atoms. The van der Waals surface area contributed by atoms with Crippen molar-refractivity contribution in [1.82, 2.24) is 14.8 Å². The average molecular weight is 285 g/mol. The minimum atomic E-state index is -0.231. The number of hydrogen-bond donors (Lipinski definition) is 1. The number of piperazine rings is 1. The molecule has 0 saturated carbocycles. The second-order valence-electron chi connectivity index (χ2n) is 5.13. The lowest BCUT2D eigenvalue weighted by molar-refractivity contribution is -0.128. The van der Waals surface area contributed by atoms with Crippen molar-refractivity contribution in [3.05, 3.63) is 35.7 Å². The van der Waals surface area contributed by atoms with Crippen molar-refractivity contribution in [3.63, 3.8) is 0 Å². The summed E-state index contributed by atoms with van der Waals surface area (Å²) in [4.78, 5) is 20.3. The average Bonchev–Trinajstić information content (AvgIpc) is 2.48. The fraction of sp³-hybridized carbons (Fsp3) is 0.400. The Morgan fingerprint density at radius 1 is 1.43 bits per heavy atom. The summed E-state index contributed by atoms with van der Waals surface area (Å²) in [5.74, 6) is 0.389. The smallest absolute Gasteiger partial charge is 0.266 e. The molecule has 0 atom stereocenters. The van der Waals surface area contributed by atoms with Gasteiger partial charge in [0.1, 0.15) is 17.5 Å². The van der Waals surface area contributed by atoms with E-state index in [-0.39, 0.29) is 11.5 Å². The Labute approximate surface area is 124 Å². The van der Waals surface area contributed by atoms with Gasteiger partial charge in [0.25, 0.3) is 5.91 Å². The molecule has 1 aromatic heterocycles. The van der Waals surface area contributed by atoms with Crippen LogP contribution in [0.2, 0.25) is 0 Å². The minimum absolute atomic E-state index is 0.0999. The summed E-state index contributed by atoms with van der Waals surface area (Å²) in [6.07, 6.45) is 3.11. The number of pyridine rings is 1. The highest BCUT2D eigenvalue weighted by atomic mass is 16.2. The molecule has 0 spiro atoms. The molecular formula is C15H19N5O. The lowest BCUT2D eigenvalue weighted by atomic mass is 10.2. The third-order valence-corrected chi connectivity index (χ3v) is 3.42. The molecule has 0 radical (unpaired) electrons. The molecular weight excluding hydrogens is 266 g/mol. The molecule has 1 aromatic rings. The van der Waals surface area contributed by atoms with Crippen molar-refractivity contribution in [2.24, 2.45) is 0 Å². The standard InChI is InChI=1S/C15H19N5O/c1-12-3-4-17-14(9-12)18-11-13(10-16)15(21)20-7-5-19(2)6-8-20/h3-4,9,11H,5-8H2,1-2H3,(H,17,18)/b13-11-. The van der Waals surface area contributed by atoms with Crippen molar-refractivity contribution >= 4 is 11.7 Å². The third-order valence-electron chi connectivity index (χ3n) is 3.42. The van der Waals surface area contributed by atoms with E-state index in [9.17, 15) is 10.1 Å². The number of aromatic nitrogens is 1. The topological polar surface area (TPSA) is 72.3 Å². The maximum Gasteiger partial charge on any atom is 0.266 e. The highest BCUT2D eigenvalue weighted by molar-refractivity contribution is 5.97. The monoisotopic (exact) mass is 285 g/mol. The summed E-state index contributed by atoms with van der Waals surface area (Å²) < 4.78 is 0. The number of aryl methyl sites for hydroxylation is 1. The molecule has 0 unspecified atom stereocenters. The highest BCUT2D eigenvalue weighted by Crippen LogP contribution is 2.09. The van der Waals surface area contributed by atoms with Crippen molar-refractivity contribution in [2.75, 3.05) is 38.5 Å². The number of nitrogens with zero attached hydrogens (tertiary/aromatic N) is 4. The number of carbonyl (C=O) groups excluding carboxylic acids is 1. The first-order chi connectivity index (χ1) is 10.1. The second-order valence-corrected chi connectivity index (χ2v) is 5.13. The summed E-state index contributed by atoms with van der Waals surface area (Å²) in [6, 6.07) is 5.70. The van der Waals surface area contributed by atoms with E-state index in [1.165, 1.54) is 6.20 Å². The summed E-state index contributed by atoms with van der Waals surface area (Å²) in [7, 11) is 2.02. The number of anilines is 1. The Bertz CT molecular complexity index is 582. The zero-order valence-corrected chi connectivity index (χ0v) is 12.3. The number of carbonyl (C=O) groups is 1. The minimum Gasteiger partial charge on any atom is -0.345 e. The first kappa shape index (κ1) is 15.0. The van der Waals surface area contributed by atoms with Gasteiger partial charge in [0.2, 0.25) is 0 Å². The van der Waals surface area contributed by atoms with Crippen LogP contribution in [0.4, 0.5) is 5.82 Å². The molecule has 6 nitrogen and oxygen atoms in total. The summed E-state index contributed by atoms with van der Waals surface area (Å²) in [5, 5.41) is 12.1. The van der Waals surface area contributed by atoms with Gasteiger partial charge in [0, 0.05) is 38.6 Å². The molecule has 1 aliphatic rings. The van der Waals surface area contributed by atoms with Crippen LogP contribution in [0.3, 0.4) is 0 Å². The number of rotatable bonds is 3. The maximum absolute atomic E-state index is 12.3.